The van der Waals surface area contributed by atoms with E-state index >= 15 is 0 Å². The molecular weight excluding hydrogens is 176 g/mol. The number of amides is 1. The summed E-state index contributed by atoms with van der Waals surface area (Å²) < 4.78 is 0. The third kappa shape index (κ3) is 2.76. The molecule has 0 heterocycles. The molecule has 14 heavy (non-hydrogen) atoms. The van der Waals surface area contributed by atoms with Gasteiger partial charge >= 0.3 is 0 Å². The molecule has 0 bridgehead atoms. The molecule has 0 fully saturated rings. The van der Waals surface area contributed by atoms with Crippen molar-refractivity contribution in [2.75, 3.05) is 19.3 Å². The molecular formula is C11H16N2O. The van der Waals surface area contributed by atoms with Crippen LogP contribution in [0, 0.1) is 0 Å². The average molecular weight is 192 g/mol. The van der Waals surface area contributed by atoms with Crippen molar-refractivity contribution < 1.29 is 4.79 Å². The van der Waals surface area contributed by atoms with Gasteiger partial charge in [0.15, 0.2) is 0 Å². The maximum Gasteiger partial charge on any atom is 0.226 e. The molecule has 0 saturated heterocycles. The molecule has 0 saturated carbocycles. The first-order valence-electron chi connectivity index (χ1n) is 4.72. The minimum atomic E-state index is 0.123. The molecule has 0 radical (unpaired) electrons. The second-order valence-corrected chi connectivity index (χ2v) is 3.33. The van der Waals surface area contributed by atoms with Crippen LogP contribution in [0.2, 0.25) is 0 Å². The van der Waals surface area contributed by atoms with E-state index in [9.17, 15) is 4.79 Å². The molecule has 1 aromatic carbocycles. The molecule has 76 valence electrons. The molecule has 0 aliphatic rings. The van der Waals surface area contributed by atoms with Crippen molar-refractivity contribution in [3.05, 3.63) is 29.8 Å². The maximum atomic E-state index is 11.5. The van der Waals surface area contributed by atoms with E-state index in [1.807, 2.05) is 31.2 Å². The molecule has 0 aromatic heterocycles. The van der Waals surface area contributed by atoms with Crippen LogP contribution < -0.4 is 5.73 Å². The Morgan fingerprint density at radius 1 is 1.50 bits per heavy atom. The quantitative estimate of drug-likeness (QED) is 0.733. The summed E-state index contributed by atoms with van der Waals surface area (Å²) >= 11 is 0. The zero-order chi connectivity index (χ0) is 10.6. The van der Waals surface area contributed by atoms with E-state index in [-0.39, 0.29) is 5.91 Å². The molecule has 1 aromatic rings. The topological polar surface area (TPSA) is 46.3 Å². The van der Waals surface area contributed by atoms with Gasteiger partial charge in [-0.3, -0.25) is 4.79 Å². The van der Waals surface area contributed by atoms with Crippen LogP contribution in [0.3, 0.4) is 0 Å². The minimum absolute atomic E-state index is 0.123. The zero-order valence-corrected chi connectivity index (χ0v) is 8.66. The van der Waals surface area contributed by atoms with Crippen molar-refractivity contribution in [1.82, 2.24) is 4.90 Å². The third-order valence-corrected chi connectivity index (χ3v) is 2.21. The largest absolute Gasteiger partial charge is 0.399 e. The maximum absolute atomic E-state index is 11.5. The zero-order valence-electron chi connectivity index (χ0n) is 8.66. The van der Waals surface area contributed by atoms with Gasteiger partial charge in [-0.1, -0.05) is 12.1 Å². The highest BCUT2D eigenvalue weighted by Gasteiger charge is 2.07. The van der Waals surface area contributed by atoms with E-state index in [1.165, 1.54) is 0 Å². The number of hydrogen-bond donors (Lipinski definition) is 1. The normalized spacial score (nSPS) is 9.86. The van der Waals surface area contributed by atoms with Gasteiger partial charge in [0.25, 0.3) is 0 Å². The van der Waals surface area contributed by atoms with Gasteiger partial charge in [0, 0.05) is 19.3 Å². The number of nitrogens with zero attached hydrogens (tertiary/aromatic N) is 1. The summed E-state index contributed by atoms with van der Waals surface area (Å²) in [4.78, 5) is 13.2. The second kappa shape index (κ2) is 4.65. The van der Waals surface area contributed by atoms with Gasteiger partial charge in [-0.15, -0.1) is 0 Å². The second-order valence-electron chi connectivity index (χ2n) is 3.33. The standard InChI is InChI=1S/C11H16N2O/c1-3-13(2)11(14)8-9-5-4-6-10(12)7-9/h4-7H,3,8,12H2,1-2H3. The Morgan fingerprint density at radius 3 is 2.79 bits per heavy atom. The predicted molar refractivity (Wildman–Crippen MR) is 57.9 cm³/mol. The third-order valence-electron chi connectivity index (χ3n) is 2.21. The molecule has 0 aliphatic heterocycles. The van der Waals surface area contributed by atoms with Gasteiger partial charge in [-0.05, 0) is 24.6 Å². The fourth-order valence-corrected chi connectivity index (χ4v) is 1.19. The van der Waals surface area contributed by atoms with Gasteiger partial charge in [0.2, 0.25) is 5.91 Å². The number of nitrogens with two attached hydrogens (primary N) is 1. The number of benzene rings is 1. The summed E-state index contributed by atoms with van der Waals surface area (Å²) in [7, 11) is 1.80. The van der Waals surface area contributed by atoms with Crippen LogP contribution in [0.4, 0.5) is 5.69 Å². The Kier molecular flexibility index (Phi) is 3.51. The Balaban J connectivity index is 2.65. The van der Waals surface area contributed by atoms with Crippen molar-refractivity contribution in [2.24, 2.45) is 0 Å². The van der Waals surface area contributed by atoms with Gasteiger partial charge < -0.3 is 10.6 Å². The number of carbonyl (C=O) groups is 1. The van der Waals surface area contributed by atoms with Crippen molar-refractivity contribution >= 4 is 11.6 Å². The van der Waals surface area contributed by atoms with Crippen LogP contribution in [-0.2, 0) is 11.2 Å². The first kappa shape index (κ1) is 10.6. The van der Waals surface area contributed by atoms with E-state index in [4.69, 9.17) is 5.73 Å². The predicted octanol–water partition coefficient (Wildman–Crippen LogP) is 1.29. The summed E-state index contributed by atoms with van der Waals surface area (Å²) in [5, 5.41) is 0. The van der Waals surface area contributed by atoms with Crippen LogP contribution in [0.1, 0.15) is 12.5 Å². The summed E-state index contributed by atoms with van der Waals surface area (Å²) in [6.07, 6.45) is 0.426. The van der Waals surface area contributed by atoms with E-state index in [0.29, 0.717) is 12.1 Å². The molecule has 3 nitrogen and oxygen atoms in total. The Morgan fingerprint density at radius 2 is 2.21 bits per heavy atom. The Labute approximate surface area is 84.5 Å². The summed E-state index contributed by atoms with van der Waals surface area (Å²) in [6, 6.07) is 7.43. The lowest BCUT2D eigenvalue weighted by molar-refractivity contribution is -0.128. The van der Waals surface area contributed by atoms with Gasteiger partial charge in [-0.25, -0.2) is 0 Å². The van der Waals surface area contributed by atoms with Crippen molar-refractivity contribution in [2.45, 2.75) is 13.3 Å². The molecule has 0 spiro atoms. The first-order valence-corrected chi connectivity index (χ1v) is 4.72. The van der Waals surface area contributed by atoms with Crippen molar-refractivity contribution in [3.8, 4) is 0 Å². The van der Waals surface area contributed by atoms with Crippen molar-refractivity contribution in [3.63, 3.8) is 0 Å². The molecule has 1 amide bonds. The van der Waals surface area contributed by atoms with Crippen LogP contribution in [0.5, 0.6) is 0 Å². The molecule has 0 aliphatic carbocycles. The van der Waals surface area contributed by atoms with E-state index in [0.717, 1.165) is 12.1 Å². The fraction of sp³-hybridized carbons (Fsp3) is 0.364. The van der Waals surface area contributed by atoms with Crippen LogP contribution >= 0.6 is 0 Å². The summed E-state index contributed by atoms with van der Waals surface area (Å²) in [5.41, 5.74) is 7.29. The van der Waals surface area contributed by atoms with E-state index < -0.39 is 0 Å². The van der Waals surface area contributed by atoms with E-state index in [2.05, 4.69) is 0 Å². The van der Waals surface area contributed by atoms with Crippen LogP contribution in [-0.4, -0.2) is 24.4 Å². The lowest BCUT2D eigenvalue weighted by Crippen LogP contribution is -2.27. The summed E-state index contributed by atoms with van der Waals surface area (Å²) in [5.74, 6) is 0.123. The van der Waals surface area contributed by atoms with Gasteiger partial charge in [-0.2, -0.15) is 0 Å². The number of nitrogen functional groups attached to an aromatic ring is 1. The lowest BCUT2D eigenvalue weighted by atomic mass is 10.1. The van der Waals surface area contributed by atoms with E-state index in [1.54, 1.807) is 11.9 Å². The average Bonchev–Trinajstić information content (AvgIpc) is 2.16. The number of likely N-dealkylation sites (N-methyl/N-ethyl adjacent to an activating group) is 1. The monoisotopic (exact) mass is 192 g/mol. The number of rotatable bonds is 3. The van der Waals surface area contributed by atoms with Crippen LogP contribution in [0.25, 0.3) is 0 Å². The fourth-order valence-electron chi connectivity index (χ4n) is 1.19. The smallest absolute Gasteiger partial charge is 0.226 e. The van der Waals surface area contributed by atoms with Crippen molar-refractivity contribution in [1.29, 1.82) is 0 Å². The Bertz CT molecular complexity index is 323. The molecule has 2 N–H and O–H groups in total. The lowest BCUT2D eigenvalue weighted by Gasteiger charge is -2.14. The number of carbonyl (C=O) groups excluding carboxylic acids is 1. The molecule has 0 unspecified atom stereocenters. The first-order chi connectivity index (χ1) is 6.63. The number of anilines is 1. The highest BCUT2D eigenvalue weighted by atomic mass is 16.2. The van der Waals surface area contributed by atoms with Crippen LogP contribution in [0.15, 0.2) is 24.3 Å². The number of hydrogen-bond acceptors (Lipinski definition) is 2. The highest BCUT2D eigenvalue weighted by molar-refractivity contribution is 5.78. The minimum Gasteiger partial charge on any atom is -0.399 e. The highest BCUT2D eigenvalue weighted by Crippen LogP contribution is 2.07. The Hall–Kier alpha value is -1.51. The van der Waals surface area contributed by atoms with Gasteiger partial charge in [0.05, 0.1) is 6.42 Å². The molecule has 1 rings (SSSR count). The van der Waals surface area contributed by atoms with Gasteiger partial charge in [0.1, 0.15) is 0 Å². The molecule has 3 heteroatoms. The summed E-state index contributed by atoms with van der Waals surface area (Å²) in [6.45, 7) is 2.69. The molecule has 0 atom stereocenters. The SMILES string of the molecule is CCN(C)C(=O)Cc1cccc(N)c1.